The largest absolute Gasteiger partial charge is 0.293 e. The van der Waals surface area contributed by atoms with E-state index in [1.165, 1.54) is 0 Å². The molecule has 0 saturated carbocycles. The molecule has 0 aliphatic rings. The van der Waals surface area contributed by atoms with Crippen molar-refractivity contribution in [1.82, 2.24) is 0 Å². The van der Waals surface area contributed by atoms with Crippen LogP contribution in [0.2, 0.25) is 0 Å². The lowest BCUT2D eigenvalue weighted by Gasteiger charge is -2.07. The molecule has 13 heavy (non-hydrogen) atoms. The molecular weight excluding hydrogens is 248 g/mol. The van der Waals surface area contributed by atoms with Crippen LogP contribution in [0.3, 0.4) is 0 Å². The van der Waals surface area contributed by atoms with Gasteiger partial charge in [0.15, 0.2) is 5.78 Å². The van der Waals surface area contributed by atoms with Crippen molar-refractivity contribution >= 4 is 34.3 Å². The van der Waals surface area contributed by atoms with Crippen LogP contribution in [-0.2, 0) is 0 Å². The molecule has 0 amide bonds. The van der Waals surface area contributed by atoms with E-state index >= 15 is 0 Å². The Morgan fingerprint density at radius 1 is 1.54 bits per heavy atom. The predicted molar refractivity (Wildman–Crippen MR) is 61.2 cm³/mol. The number of carbonyl (C=O) groups excluding carboxylic acids is 1. The summed E-state index contributed by atoms with van der Waals surface area (Å²) in [5.74, 6) is 0.105. The molecule has 0 saturated heterocycles. The van der Waals surface area contributed by atoms with Crippen molar-refractivity contribution in [3.63, 3.8) is 0 Å². The first-order valence-electron chi connectivity index (χ1n) is 4.01. The first kappa shape index (κ1) is 10.8. The van der Waals surface area contributed by atoms with E-state index in [0.29, 0.717) is 0 Å². The van der Waals surface area contributed by atoms with Gasteiger partial charge in [-0.25, -0.2) is 0 Å². The standard InChI is InChI=1S/C10H11BrOS/c1-6-8(10(12)7(2)11)4-3-5-9(6)13/h3-5,7,13H,1-2H3. The van der Waals surface area contributed by atoms with E-state index in [9.17, 15) is 4.79 Å². The van der Waals surface area contributed by atoms with Gasteiger partial charge in [-0.05, 0) is 25.5 Å². The van der Waals surface area contributed by atoms with E-state index < -0.39 is 0 Å². The molecule has 0 N–H and O–H groups in total. The zero-order chi connectivity index (χ0) is 10.0. The average Bonchev–Trinajstić information content (AvgIpc) is 2.08. The van der Waals surface area contributed by atoms with Crippen molar-refractivity contribution in [2.75, 3.05) is 0 Å². The van der Waals surface area contributed by atoms with E-state index in [-0.39, 0.29) is 10.6 Å². The molecular formula is C10H11BrOS. The normalized spacial score (nSPS) is 12.6. The predicted octanol–water partition coefficient (Wildman–Crippen LogP) is 3.25. The molecule has 70 valence electrons. The average molecular weight is 259 g/mol. The second-order valence-corrected chi connectivity index (χ2v) is 4.79. The Hall–Kier alpha value is -0.280. The van der Waals surface area contributed by atoms with Crippen LogP contribution >= 0.6 is 28.6 Å². The third-order valence-corrected chi connectivity index (χ3v) is 2.83. The number of ketones is 1. The van der Waals surface area contributed by atoms with Crippen LogP contribution in [0, 0.1) is 6.92 Å². The first-order chi connectivity index (χ1) is 6.04. The minimum atomic E-state index is -0.138. The molecule has 0 spiro atoms. The molecule has 1 rings (SSSR count). The zero-order valence-corrected chi connectivity index (χ0v) is 10.0. The van der Waals surface area contributed by atoms with Gasteiger partial charge in [0.1, 0.15) is 0 Å². The van der Waals surface area contributed by atoms with E-state index in [1.54, 1.807) is 0 Å². The summed E-state index contributed by atoms with van der Waals surface area (Å²) in [7, 11) is 0. The molecule has 0 aliphatic carbocycles. The van der Waals surface area contributed by atoms with Gasteiger partial charge < -0.3 is 0 Å². The monoisotopic (exact) mass is 258 g/mol. The molecule has 1 aromatic rings. The van der Waals surface area contributed by atoms with Crippen LogP contribution in [0.1, 0.15) is 22.8 Å². The zero-order valence-electron chi connectivity index (χ0n) is 7.54. The molecule has 0 radical (unpaired) electrons. The fraction of sp³-hybridized carbons (Fsp3) is 0.300. The summed E-state index contributed by atoms with van der Waals surface area (Å²) >= 11 is 7.52. The maximum absolute atomic E-state index is 11.6. The molecule has 1 atom stereocenters. The lowest BCUT2D eigenvalue weighted by Crippen LogP contribution is -2.11. The minimum absolute atomic E-state index is 0.105. The van der Waals surface area contributed by atoms with Gasteiger partial charge in [0.25, 0.3) is 0 Å². The number of alkyl halides is 1. The second kappa shape index (κ2) is 4.29. The Kier molecular flexibility index (Phi) is 3.56. The van der Waals surface area contributed by atoms with Crippen molar-refractivity contribution in [3.8, 4) is 0 Å². The van der Waals surface area contributed by atoms with Crippen LogP contribution in [0.15, 0.2) is 23.1 Å². The molecule has 0 heterocycles. The molecule has 1 unspecified atom stereocenters. The van der Waals surface area contributed by atoms with Crippen molar-refractivity contribution in [1.29, 1.82) is 0 Å². The number of benzene rings is 1. The summed E-state index contributed by atoms with van der Waals surface area (Å²) in [5, 5.41) is 0. The van der Waals surface area contributed by atoms with Crippen LogP contribution in [0.5, 0.6) is 0 Å². The van der Waals surface area contributed by atoms with E-state index in [0.717, 1.165) is 16.0 Å². The molecule has 0 fully saturated rings. The SMILES string of the molecule is Cc1c(S)cccc1C(=O)C(C)Br. The smallest absolute Gasteiger partial charge is 0.176 e. The Bertz CT molecular complexity index is 334. The Balaban J connectivity index is 3.15. The van der Waals surface area contributed by atoms with E-state index in [4.69, 9.17) is 0 Å². The van der Waals surface area contributed by atoms with Gasteiger partial charge in [-0.1, -0.05) is 28.1 Å². The number of rotatable bonds is 2. The molecule has 0 bridgehead atoms. The van der Waals surface area contributed by atoms with Crippen molar-refractivity contribution < 1.29 is 4.79 Å². The van der Waals surface area contributed by atoms with Crippen LogP contribution in [-0.4, -0.2) is 10.6 Å². The van der Waals surface area contributed by atoms with Gasteiger partial charge in [-0.2, -0.15) is 0 Å². The van der Waals surface area contributed by atoms with Gasteiger partial charge in [0.05, 0.1) is 4.83 Å². The van der Waals surface area contributed by atoms with Crippen LogP contribution in [0.25, 0.3) is 0 Å². The summed E-state index contributed by atoms with van der Waals surface area (Å²) in [6.45, 7) is 3.73. The number of thiol groups is 1. The number of carbonyl (C=O) groups is 1. The van der Waals surface area contributed by atoms with Crippen molar-refractivity contribution in [3.05, 3.63) is 29.3 Å². The number of halogens is 1. The fourth-order valence-electron chi connectivity index (χ4n) is 1.10. The van der Waals surface area contributed by atoms with Gasteiger partial charge in [-0.3, -0.25) is 4.79 Å². The third kappa shape index (κ3) is 2.35. The first-order valence-corrected chi connectivity index (χ1v) is 5.37. The second-order valence-electron chi connectivity index (χ2n) is 2.93. The van der Waals surface area contributed by atoms with Gasteiger partial charge in [-0.15, -0.1) is 12.6 Å². The third-order valence-electron chi connectivity index (χ3n) is 1.93. The molecule has 0 aromatic heterocycles. The molecule has 0 aliphatic heterocycles. The fourth-order valence-corrected chi connectivity index (χ4v) is 1.56. The molecule has 3 heteroatoms. The number of Topliss-reactive ketones (excluding diaryl/α,β-unsaturated/α-hetero) is 1. The number of hydrogen-bond donors (Lipinski definition) is 1. The van der Waals surface area contributed by atoms with Crippen molar-refractivity contribution in [2.24, 2.45) is 0 Å². The topological polar surface area (TPSA) is 17.1 Å². The molecule has 1 aromatic carbocycles. The maximum atomic E-state index is 11.6. The van der Waals surface area contributed by atoms with E-state index in [2.05, 4.69) is 28.6 Å². The number of hydrogen-bond acceptors (Lipinski definition) is 2. The Labute approximate surface area is 92.1 Å². The summed E-state index contributed by atoms with van der Waals surface area (Å²) in [6, 6.07) is 5.56. The quantitative estimate of drug-likeness (QED) is 0.490. The lowest BCUT2D eigenvalue weighted by molar-refractivity contribution is 0.0995. The highest BCUT2D eigenvalue weighted by Gasteiger charge is 2.14. The van der Waals surface area contributed by atoms with Gasteiger partial charge >= 0.3 is 0 Å². The summed E-state index contributed by atoms with van der Waals surface area (Å²) in [6.07, 6.45) is 0. The van der Waals surface area contributed by atoms with Crippen LogP contribution in [0.4, 0.5) is 0 Å². The highest BCUT2D eigenvalue weighted by molar-refractivity contribution is 9.10. The van der Waals surface area contributed by atoms with Gasteiger partial charge in [0.2, 0.25) is 0 Å². The Morgan fingerprint density at radius 3 is 2.69 bits per heavy atom. The minimum Gasteiger partial charge on any atom is -0.293 e. The van der Waals surface area contributed by atoms with Gasteiger partial charge in [0, 0.05) is 10.5 Å². The highest BCUT2D eigenvalue weighted by atomic mass is 79.9. The maximum Gasteiger partial charge on any atom is 0.176 e. The highest BCUT2D eigenvalue weighted by Crippen LogP contribution is 2.20. The van der Waals surface area contributed by atoms with Crippen LogP contribution < -0.4 is 0 Å². The van der Waals surface area contributed by atoms with E-state index in [1.807, 2.05) is 32.0 Å². The summed E-state index contributed by atoms with van der Waals surface area (Å²) in [5.41, 5.74) is 1.69. The molecule has 1 nitrogen and oxygen atoms in total. The lowest BCUT2D eigenvalue weighted by atomic mass is 10.0. The summed E-state index contributed by atoms with van der Waals surface area (Å²) in [4.78, 5) is 12.4. The summed E-state index contributed by atoms with van der Waals surface area (Å²) < 4.78 is 0. The van der Waals surface area contributed by atoms with Crippen molar-refractivity contribution in [2.45, 2.75) is 23.6 Å². The Morgan fingerprint density at radius 2 is 2.15 bits per heavy atom.